The van der Waals surface area contributed by atoms with Gasteiger partial charge in [0.1, 0.15) is 17.1 Å². The zero-order valence-corrected chi connectivity index (χ0v) is 14.4. The van der Waals surface area contributed by atoms with Crippen LogP contribution in [0.3, 0.4) is 0 Å². The second-order valence-electron chi connectivity index (χ2n) is 5.78. The third-order valence-corrected chi connectivity index (χ3v) is 5.59. The van der Waals surface area contributed by atoms with Crippen molar-refractivity contribution in [2.75, 3.05) is 5.75 Å². The van der Waals surface area contributed by atoms with E-state index in [1.165, 1.54) is 16.7 Å². The van der Waals surface area contributed by atoms with E-state index >= 15 is 0 Å². The maximum Gasteiger partial charge on any atom is 0.352 e. The molecule has 3 rings (SSSR count). The molecule has 0 aromatic carbocycles. The molecule has 1 aromatic rings. The Labute approximate surface area is 142 Å². The number of aliphatic carboxylic acids is 1. The third-order valence-electron chi connectivity index (χ3n) is 4.16. The average molecular weight is 350 g/mol. The zero-order valence-electron chi connectivity index (χ0n) is 13.6. The Morgan fingerprint density at radius 3 is 2.75 bits per heavy atom. The fourth-order valence-electron chi connectivity index (χ4n) is 2.90. The van der Waals surface area contributed by atoms with Crippen LogP contribution in [0.4, 0.5) is 0 Å². The van der Waals surface area contributed by atoms with Crippen molar-refractivity contribution in [3.05, 3.63) is 28.7 Å². The molecular weight excluding hydrogens is 332 g/mol. The van der Waals surface area contributed by atoms with Crippen molar-refractivity contribution in [3.8, 4) is 0 Å². The summed E-state index contributed by atoms with van der Waals surface area (Å²) in [6.45, 7) is 6.01. The maximum atomic E-state index is 12.4. The highest BCUT2D eigenvalue weighted by Crippen LogP contribution is 2.40. The highest BCUT2D eigenvalue weighted by molar-refractivity contribution is 8.00. The lowest BCUT2D eigenvalue weighted by molar-refractivity contribution is -0.148. The van der Waals surface area contributed by atoms with Crippen molar-refractivity contribution in [2.45, 2.75) is 38.7 Å². The summed E-state index contributed by atoms with van der Waals surface area (Å²) < 4.78 is 1.66. The van der Waals surface area contributed by atoms with Crippen LogP contribution in [-0.2, 0) is 16.1 Å². The van der Waals surface area contributed by atoms with Gasteiger partial charge in [-0.1, -0.05) is 0 Å². The van der Waals surface area contributed by atoms with Crippen LogP contribution in [0.25, 0.3) is 0 Å². The Balaban J connectivity index is 1.77. The number of nitrogens with zero attached hydrogens (tertiary/aromatic N) is 3. The highest BCUT2D eigenvalue weighted by atomic mass is 32.2. The number of β-lactam (4-membered cyclic amide) rings is 1. The van der Waals surface area contributed by atoms with E-state index < -0.39 is 17.9 Å². The molecule has 0 aliphatic carbocycles. The van der Waals surface area contributed by atoms with E-state index in [0.29, 0.717) is 29.1 Å². The normalized spacial score (nSPS) is 23.0. The lowest BCUT2D eigenvalue weighted by Crippen LogP contribution is -2.70. The van der Waals surface area contributed by atoms with Crippen molar-refractivity contribution >= 4 is 29.5 Å². The minimum atomic E-state index is -1.11. The zero-order chi connectivity index (χ0) is 17.6. The number of carboxylic acid groups (broad SMARTS) is 1. The fourth-order valence-corrected chi connectivity index (χ4v) is 4.19. The fraction of sp³-hybridized carbons (Fsp3) is 0.467. The molecule has 0 unspecified atom stereocenters. The predicted octanol–water partition coefficient (Wildman–Crippen LogP) is 0.584. The molecule has 1 aromatic heterocycles. The van der Waals surface area contributed by atoms with Crippen molar-refractivity contribution in [1.29, 1.82) is 0 Å². The average Bonchev–Trinajstić information content (AvgIpc) is 2.93. The van der Waals surface area contributed by atoms with Crippen LogP contribution in [0.2, 0.25) is 0 Å². The molecule has 2 N–H and O–H groups in total. The minimum absolute atomic E-state index is 0.0317. The SMILES string of the molecule is CCn1cc(C(=O)N[C@H]2C(=O)N3C(C(=O)O)=C(C)CS[C@@H]23)c(C)n1. The van der Waals surface area contributed by atoms with Gasteiger partial charge in [-0.15, -0.1) is 11.8 Å². The summed E-state index contributed by atoms with van der Waals surface area (Å²) in [5.41, 5.74) is 1.71. The Kier molecular flexibility index (Phi) is 4.12. The van der Waals surface area contributed by atoms with Gasteiger partial charge in [-0.25, -0.2) is 4.79 Å². The number of carbonyl (C=O) groups is 3. The van der Waals surface area contributed by atoms with E-state index in [-0.39, 0.29) is 17.0 Å². The molecule has 2 aliphatic heterocycles. The quantitative estimate of drug-likeness (QED) is 0.770. The molecule has 2 amide bonds. The van der Waals surface area contributed by atoms with Crippen molar-refractivity contribution < 1.29 is 19.5 Å². The highest BCUT2D eigenvalue weighted by Gasteiger charge is 2.53. The van der Waals surface area contributed by atoms with Gasteiger partial charge in [-0.05, 0) is 26.3 Å². The van der Waals surface area contributed by atoms with E-state index in [0.717, 1.165) is 0 Å². The molecule has 2 aliphatic rings. The maximum absolute atomic E-state index is 12.4. The molecule has 9 heteroatoms. The first-order valence-corrected chi connectivity index (χ1v) is 8.62. The second-order valence-corrected chi connectivity index (χ2v) is 6.88. The Morgan fingerprint density at radius 2 is 2.17 bits per heavy atom. The van der Waals surface area contributed by atoms with Crippen LogP contribution in [0, 0.1) is 6.92 Å². The largest absolute Gasteiger partial charge is 0.477 e. The number of fused-ring (bicyclic) bond motifs is 1. The van der Waals surface area contributed by atoms with E-state index in [1.54, 1.807) is 24.7 Å². The van der Waals surface area contributed by atoms with Crippen LogP contribution in [-0.4, -0.2) is 54.7 Å². The summed E-state index contributed by atoms with van der Waals surface area (Å²) in [7, 11) is 0. The summed E-state index contributed by atoms with van der Waals surface area (Å²) in [5, 5.41) is 15.9. The number of carbonyl (C=O) groups excluding carboxylic acids is 2. The standard InChI is InChI=1S/C15H18N4O4S/c1-4-18-5-9(8(3)17-18)12(20)16-10-13(21)19-11(15(22)23)7(2)6-24-14(10)19/h5,10,14H,4,6H2,1-3H3,(H,16,20)(H,22,23)/t10-,14-/m0/s1. The molecule has 1 fully saturated rings. The Bertz CT molecular complexity index is 770. The topological polar surface area (TPSA) is 105 Å². The van der Waals surface area contributed by atoms with Gasteiger partial charge in [0.05, 0.1) is 11.3 Å². The van der Waals surface area contributed by atoms with Crippen molar-refractivity contribution in [1.82, 2.24) is 20.0 Å². The molecule has 0 spiro atoms. The van der Waals surface area contributed by atoms with Gasteiger partial charge >= 0.3 is 5.97 Å². The van der Waals surface area contributed by atoms with Crippen LogP contribution < -0.4 is 5.32 Å². The monoisotopic (exact) mass is 350 g/mol. The van der Waals surface area contributed by atoms with Crippen LogP contribution >= 0.6 is 11.8 Å². The third kappa shape index (κ3) is 2.48. The first kappa shape index (κ1) is 16.6. The molecule has 2 atom stereocenters. The molecule has 24 heavy (non-hydrogen) atoms. The first-order chi connectivity index (χ1) is 11.3. The van der Waals surface area contributed by atoms with E-state index in [4.69, 9.17) is 0 Å². The molecule has 1 saturated heterocycles. The van der Waals surface area contributed by atoms with Crippen LogP contribution in [0.5, 0.6) is 0 Å². The number of hydrogen-bond donors (Lipinski definition) is 2. The van der Waals surface area contributed by atoms with Crippen LogP contribution in [0.1, 0.15) is 29.9 Å². The molecular formula is C15H18N4O4S. The first-order valence-electron chi connectivity index (χ1n) is 7.57. The van der Waals surface area contributed by atoms with E-state index in [1.807, 2.05) is 6.92 Å². The summed E-state index contributed by atoms with van der Waals surface area (Å²) in [6.07, 6.45) is 1.65. The molecule has 0 bridgehead atoms. The van der Waals surface area contributed by atoms with Gasteiger partial charge in [0, 0.05) is 18.5 Å². The predicted molar refractivity (Wildman–Crippen MR) is 87.3 cm³/mol. The minimum Gasteiger partial charge on any atom is -0.477 e. The number of thioether (sulfide) groups is 1. The lowest BCUT2D eigenvalue weighted by Gasteiger charge is -2.49. The number of aromatic nitrogens is 2. The van der Waals surface area contributed by atoms with Gasteiger partial charge in [0.2, 0.25) is 0 Å². The molecule has 8 nitrogen and oxygen atoms in total. The second kappa shape index (κ2) is 5.97. The number of rotatable bonds is 4. The van der Waals surface area contributed by atoms with E-state index in [2.05, 4.69) is 10.4 Å². The summed E-state index contributed by atoms with van der Waals surface area (Å²) in [6, 6.07) is -0.714. The van der Waals surface area contributed by atoms with Gasteiger partial charge < -0.3 is 10.4 Å². The molecule has 0 radical (unpaired) electrons. The number of hydrogen-bond acceptors (Lipinski definition) is 5. The summed E-state index contributed by atoms with van der Waals surface area (Å²) in [5.74, 6) is -1.35. The van der Waals surface area contributed by atoms with Gasteiger partial charge in [0.15, 0.2) is 0 Å². The smallest absolute Gasteiger partial charge is 0.352 e. The number of aryl methyl sites for hydroxylation is 2. The molecule has 0 saturated carbocycles. The van der Waals surface area contributed by atoms with Gasteiger partial charge in [0.25, 0.3) is 11.8 Å². The lowest BCUT2D eigenvalue weighted by atomic mass is 10.0. The summed E-state index contributed by atoms with van der Waals surface area (Å²) in [4.78, 5) is 37.4. The van der Waals surface area contributed by atoms with Crippen molar-refractivity contribution in [2.24, 2.45) is 0 Å². The van der Waals surface area contributed by atoms with Gasteiger partial charge in [-0.2, -0.15) is 5.10 Å². The van der Waals surface area contributed by atoms with E-state index in [9.17, 15) is 19.5 Å². The molecule has 3 heterocycles. The van der Waals surface area contributed by atoms with Crippen molar-refractivity contribution in [3.63, 3.8) is 0 Å². The van der Waals surface area contributed by atoms with Crippen LogP contribution in [0.15, 0.2) is 17.5 Å². The summed E-state index contributed by atoms with van der Waals surface area (Å²) >= 11 is 1.45. The Hall–Kier alpha value is -2.29. The Morgan fingerprint density at radius 1 is 1.46 bits per heavy atom. The molecule has 128 valence electrons. The number of nitrogens with one attached hydrogen (secondary N) is 1. The van der Waals surface area contributed by atoms with Gasteiger partial charge in [-0.3, -0.25) is 19.2 Å². The number of carboxylic acids is 1. The number of amides is 2.